The van der Waals surface area contributed by atoms with Gasteiger partial charge in [0.2, 0.25) is 0 Å². The average Bonchev–Trinajstić information content (AvgIpc) is 2.34. The van der Waals surface area contributed by atoms with Crippen LogP contribution in [0.15, 0.2) is 24.3 Å². The first-order valence-electron chi connectivity index (χ1n) is 5.99. The summed E-state index contributed by atoms with van der Waals surface area (Å²) in [7, 11) is 0. The van der Waals surface area contributed by atoms with Gasteiger partial charge in [-0.05, 0) is 18.6 Å². The molecule has 0 radical (unpaired) electrons. The monoisotopic (exact) mass is 340 g/mol. The zero-order valence-electron chi connectivity index (χ0n) is 10.5. The molecule has 1 aromatic carbocycles. The molecule has 0 aromatic heterocycles. The maximum Gasteiger partial charge on any atom is 0.573 e. The van der Waals surface area contributed by atoms with Gasteiger partial charge in [-0.3, -0.25) is 0 Å². The van der Waals surface area contributed by atoms with Gasteiger partial charge in [-0.1, -0.05) is 41.4 Å². The molecule has 0 bridgehead atoms. The van der Waals surface area contributed by atoms with Gasteiger partial charge < -0.3 is 9.47 Å². The van der Waals surface area contributed by atoms with Gasteiger partial charge in [-0.25, -0.2) is 0 Å². The Kier molecular flexibility index (Phi) is 6.48. The lowest BCUT2D eigenvalue weighted by Crippen LogP contribution is -2.19. The second-order valence-corrected chi connectivity index (χ2v) is 4.76. The molecule has 0 fully saturated rings. The van der Waals surface area contributed by atoms with Gasteiger partial charge in [0.15, 0.2) is 11.5 Å². The Balaban J connectivity index is 2.67. The number of hydrogen-bond donors (Lipinski definition) is 0. The van der Waals surface area contributed by atoms with Crippen molar-refractivity contribution in [1.82, 2.24) is 0 Å². The number of rotatable bonds is 7. The first kappa shape index (κ1) is 16.1. The Morgan fingerprint density at radius 1 is 1.21 bits per heavy atom. The largest absolute Gasteiger partial charge is 0.573 e. The molecule has 0 saturated heterocycles. The van der Waals surface area contributed by atoms with E-state index in [1.807, 2.05) is 0 Å². The van der Waals surface area contributed by atoms with Crippen LogP contribution in [-0.4, -0.2) is 18.3 Å². The molecule has 1 unspecified atom stereocenters. The van der Waals surface area contributed by atoms with Crippen molar-refractivity contribution in [2.45, 2.75) is 26.1 Å². The fraction of sp³-hybridized carbons (Fsp3) is 0.538. The van der Waals surface area contributed by atoms with Crippen LogP contribution in [0.2, 0.25) is 0 Å². The molecule has 108 valence electrons. The smallest absolute Gasteiger partial charge is 0.489 e. The van der Waals surface area contributed by atoms with Crippen LogP contribution < -0.4 is 9.47 Å². The third-order valence-electron chi connectivity index (χ3n) is 2.46. The van der Waals surface area contributed by atoms with Crippen LogP contribution >= 0.6 is 15.9 Å². The second kappa shape index (κ2) is 7.62. The lowest BCUT2D eigenvalue weighted by Gasteiger charge is -2.17. The summed E-state index contributed by atoms with van der Waals surface area (Å²) in [6.45, 7) is 2.41. The summed E-state index contributed by atoms with van der Waals surface area (Å²) < 4.78 is 46.0. The highest BCUT2D eigenvalue weighted by molar-refractivity contribution is 9.09. The third-order valence-corrected chi connectivity index (χ3v) is 3.38. The molecule has 1 aromatic rings. The molecule has 0 N–H and O–H groups in total. The van der Waals surface area contributed by atoms with Crippen molar-refractivity contribution < 1.29 is 22.6 Å². The van der Waals surface area contributed by atoms with E-state index < -0.39 is 6.36 Å². The minimum atomic E-state index is -4.71. The highest BCUT2D eigenvalue weighted by Crippen LogP contribution is 2.32. The van der Waals surface area contributed by atoms with E-state index in [0.717, 1.165) is 18.2 Å². The first-order valence-corrected chi connectivity index (χ1v) is 7.12. The van der Waals surface area contributed by atoms with Crippen molar-refractivity contribution in [2.24, 2.45) is 5.92 Å². The molecule has 0 aliphatic carbocycles. The Hall–Kier alpha value is -0.910. The van der Waals surface area contributed by atoms with Gasteiger partial charge in [-0.15, -0.1) is 13.2 Å². The van der Waals surface area contributed by atoms with Crippen molar-refractivity contribution in [3.8, 4) is 11.5 Å². The maximum atomic E-state index is 12.2. The third kappa shape index (κ3) is 6.18. The number of para-hydroxylation sites is 2. The van der Waals surface area contributed by atoms with Gasteiger partial charge in [0.05, 0.1) is 6.61 Å². The lowest BCUT2D eigenvalue weighted by atomic mass is 10.1. The average molecular weight is 341 g/mol. The minimum absolute atomic E-state index is 0.113. The topological polar surface area (TPSA) is 18.5 Å². The zero-order chi connectivity index (χ0) is 14.3. The van der Waals surface area contributed by atoms with Crippen molar-refractivity contribution in [3.63, 3.8) is 0 Å². The summed E-state index contributed by atoms with van der Waals surface area (Å²) in [6.07, 6.45) is -2.76. The molecule has 0 saturated carbocycles. The zero-order valence-corrected chi connectivity index (χ0v) is 12.1. The van der Waals surface area contributed by atoms with E-state index in [9.17, 15) is 13.2 Å². The van der Waals surface area contributed by atoms with Gasteiger partial charge in [0, 0.05) is 11.2 Å². The van der Waals surface area contributed by atoms with Crippen LogP contribution in [0.3, 0.4) is 0 Å². The first-order chi connectivity index (χ1) is 8.96. The number of halogens is 4. The normalized spacial score (nSPS) is 13.1. The molecule has 0 heterocycles. The van der Waals surface area contributed by atoms with Crippen LogP contribution in [0.25, 0.3) is 0 Å². The number of hydrogen-bond acceptors (Lipinski definition) is 2. The molecule has 6 heteroatoms. The molecule has 1 atom stereocenters. The summed E-state index contributed by atoms with van der Waals surface area (Å²) in [5.74, 6) is 0.0747. The predicted octanol–water partition coefficient (Wildman–Crippen LogP) is 4.78. The molecule has 2 nitrogen and oxygen atoms in total. The molecular formula is C13H16BrF3O2. The van der Waals surface area contributed by atoms with Crippen molar-refractivity contribution in [1.29, 1.82) is 0 Å². The molecule has 0 amide bonds. The van der Waals surface area contributed by atoms with E-state index in [2.05, 4.69) is 27.6 Å². The van der Waals surface area contributed by atoms with Crippen molar-refractivity contribution >= 4 is 15.9 Å². The summed E-state index contributed by atoms with van der Waals surface area (Å²) in [5.41, 5.74) is 0. The SMILES string of the molecule is CCCC(CBr)COc1ccccc1OC(F)(F)F. The van der Waals surface area contributed by atoms with Gasteiger partial charge in [0.25, 0.3) is 0 Å². The number of ether oxygens (including phenoxy) is 2. The Morgan fingerprint density at radius 3 is 2.37 bits per heavy atom. The van der Waals surface area contributed by atoms with Crippen LogP contribution in [0.5, 0.6) is 11.5 Å². The molecular weight excluding hydrogens is 325 g/mol. The minimum Gasteiger partial charge on any atom is -0.489 e. The number of alkyl halides is 4. The Labute approximate surface area is 119 Å². The van der Waals surface area contributed by atoms with E-state index in [4.69, 9.17) is 4.74 Å². The van der Waals surface area contributed by atoms with Gasteiger partial charge >= 0.3 is 6.36 Å². The number of benzene rings is 1. The summed E-state index contributed by atoms with van der Waals surface area (Å²) in [6, 6.07) is 5.80. The van der Waals surface area contributed by atoms with E-state index in [0.29, 0.717) is 6.61 Å². The van der Waals surface area contributed by atoms with E-state index in [1.54, 1.807) is 6.07 Å². The lowest BCUT2D eigenvalue weighted by molar-refractivity contribution is -0.275. The van der Waals surface area contributed by atoms with Crippen LogP contribution in [-0.2, 0) is 0 Å². The standard InChI is InChI=1S/C13H16BrF3O2/c1-2-5-10(8-14)9-18-11-6-3-4-7-12(11)19-13(15,16)17/h3-4,6-7,10H,2,5,8-9H2,1H3. The van der Waals surface area contributed by atoms with E-state index in [1.165, 1.54) is 18.2 Å². The second-order valence-electron chi connectivity index (χ2n) is 4.11. The van der Waals surface area contributed by atoms with Crippen LogP contribution in [0.1, 0.15) is 19.8 Å². The highest BCUT2D eigenvalue weighted by atomic mass is 79.9. The van der Waals surface area contributed by atoms with Gasteiger partial charge in [-0.2, -0.15) is 0 Å². The van der Waals surface area contributed by atoms with E-state index >= 15 is 0 Å². The Bertz CT molecular complexity index is 382. The highest BCUT2D eigenvalue weighted by Gasteiger charge is 2.32. The van der Waals surface area contributed by atoms with E-state index in [-0.39, 0.29) is 17.4 Å². The van der Waals surface area contributed by atoms with Crippen molar-refractivity contribution in [2.75, 3.05) is 11.9 Å². The fourth-order valence-corrected chi connectivity index (χ4v) is 2.11. The molecule has 19 heavy (non-hydrogen) atoms. The predicted molar refractivity (Wildman–Crippen MR) is 70.8 cm³/mol. The molecule has 0 spiro atoms. The summed E-state index contributed by atoms with van der Waals surface area (Å²) in [5, 5.41) is 0.753. The van der Waals surface area contributed by atoms with Gasteiger partial charge in [0.1, 0.15) is 0 Å². The molecule has 0 aliphatic rings. The molecule has 0 aliphatic heterocycles. The maximum absolute atomic E-state index is 12.2. The summed E-state index contributed by atoms with van der Waals surface area (Å²) in [4.78, 5) is 0. The quantitative estimate of drug-likeness (QED) is 0.665. The Morgan fingerprint density at radius 2 is 1.84 bits per heavy atom. The van der Waals surface area contributed by atoms with Crippen molar-refractivity contribution in [3.05, 3.63) is 24.3 Å². The van der Waals surface area contributed by atoms with Crippen LogP contribution in [0.4, 0.5) is 13.2 Å². The fourth-order valence-electron chi connectivity index (χ4n) is 1.60. The molecule has 1 rings (SSSR count). The summed E-state index contributed by atoms with van der Waals surface area (Å²) >= 11 is 3.37. The van der Waals surface area contributed by atoms with Crippen LogP contribution in [0, 0.1) is 5.92 Å².